The summed E-state index contributed by atoms with van der Waals surface area (Å²) in [5.41, 5.74) is 2.94. The van der Waals surface area contributed by atoms with Crippen molar-refractivity contribution in [3.05, 3.63) is 59.4 Å². The molecule has 3 aromatic rings. The van der Waals surface area contributed by atoms with Crippen LogP contribution in [0.15, 0.2) is 47.5 Å². The van der Waals surface area contributed by atoms with Gasteiger partial charge in [0.1, 0.15) is 18.1 Å². The monoisotopic (exact) mass is 382 g/mol. The Labute approximate surface area is 163 Å². The molecule has 140 valence electrons. The predicted octanol–water partition coefficient (Wildman–Crippen LogP) is 4.75. The van der Waals surface area contributed by atoms with E-state index in [1.54, 1.807) is 6.34 Å². The van der Waals surface area contributed by atoms with Gasteiger partial charge in [-0.15, -0.1) is 0 Å². The molecule has 0 bridgehead atoms. The summed E-state index contributed by atoms with van der Waals surface area (Å²) in [6.45, 7) is 4.30. The maximum absolute atomic E-state index is 5.93. The first-order valence-electron chi connectivity index (χ1n) is 8.51. The second-order valence-electron chi connectivity index (χ2n) is 6.29. The van der Waals surface area contributed by atoms with E-state index in [2.05, 4.69) is 14.3 Å². The van der Waals surface area contributed by atoms with E-state index in [1.807, 2.05) is 75.3 Å². The lowest BCUT2D eigenvalue weighted by Crippen LogP contribution is -2.07. The second-order valence-corrected chi connectivity index (χ2v) is 7.01. The molecule has 0 radical (unpaired) electrons. The molecule has 0 amide bonds. The van der Waals surface area contributed by atoms with E-state index < -0.39 is 0 Å². The van der Waals surface area contributed by atoms with E-state index in [1.165, 1.54) is 11.5 Å². The van der Waals surface area contributed by atoms with Gasteiger partial charge in [0.15, 0.2) is 5.82 Å². The molecule has 7 heteroatoms. The summed E-state index contributed by atoms with van der Waals surface area (Å²) in [6, 6.07) is 13.6. The van der Waals surface area contributed by atoms with Gasteiger partial charge in [0.2, 0.25) is 0 Å². The molecule has 0 aliphatic carbocycles. The number of aliphatic imine (C=N–C) groups is 1. The third-order valence-electron chi connectivity index (χ3n) is 3.68. The molecule has 0 N–H and O–H groups in total. The van der Waals surface area contributed by atoms with Crippen molar-refractivity contribution >= 4 is 23.6 Å². The van der Waals surface area contributed by atoms with Crippen LogP contribution in [-0.4, -0.2) is 34.7 Å². The summed E-state index contributed by atoms with van der Waals surface area (Å²) >= 11 is 1.21. The van der Waals surface area contributed by atoms with Crippen LogP contribution in [0.3, 0.4) is 0 Å². The minimum atomic E-state index is 0.306. The highest BCUT2D eigenvalue weighted by molar-refractivity contribution is 7.07. The number of aromatic nitrogens is 2. The fraction of sp³-hybridized carbons (Fsp3) is 0.250. The van der Waals surface area contributed by atoms with Crippen molar-refractivity contribution in [1.82, 2.24) is 14.3 Å². The largest absolute Gasteiger partial charge is 0.486 e. The van der Waals surface area contributed by atoms with Crippen LogP contribution in [-0.2, 0) is 6.61 Å². The molecule has 1 aromatic heterocycles. The summed E-state index contributed by atoms with van der Waals surface area (Å²) < 4.78 is 15.9. The molecule has 0 saturated carbocycles. The summed E-state index contributed by atoms with van der Waals surface area (Å²) in [6.07, 6.45) is 1.78. The molecule has 1 heterocycles. The Morgan fingerprint density at radius 1 is 1.11 bits per heavy atom. The van der Waals surface area contributed by atoms with E-state index in [9.17, 15) is 0 Å². The average Bonchev–Trinajstić information content (AvgIpc) is 3.10. The topological polar surface area (TPSA) is 59.8 Å². The summed E-state index contributed by atoms with van der Waals surface area (Å²) in [5.74, 6) is 2.14. The molecular formula is C20H22N4O2S. The Hall–Kier alpha value is -2.93. The van der Waals surface area contributed by atoms with E-state index >= 15 is 0 Å². The highest BCUT2D eigenvalue weighted by Crippen LogP contribution is 2.32. The van der Waals surface area contributed by atoms with Gasteiger partial charge in [0.25, 0.3) is 5.19 Å². The van der Waals surface area contributed by atoms with Crippen molar-refractivity contribution in [2.24, 2.45) is 4.99 Å². The molecule has 0 saturated heterocycles. The lowest BCUT2D eigenvalue weighted by Gasteiger charge is -2.10. The number of hydrogen-bond acceptors (Lipinski definition) is 6. The molecule has 0 fully saturated rings. The Balaban J connectivity index is 1.67. The molecule has 0 aliphatic heterocycles. The maximum atomic E-state index is 5.93. The van der Waals surface area contributed by atoms with Crippen LogP contribution in [0.25, 0.3) is 0 Å². The molecule has 0 aliphatic rings. The van der Waals surface area contributed by atoms with Gasteiger partial charge in [-0.3, -0.25) is 0 Å². The lowest BCUT2D eigenvalue weighted by atomic mass is 10.1. The van der Waals surface area contributed by atoms with Crippen molar-refractivity contribution in [2.75, 3.05) is 14.1 Å². The molecule has 3 rings (SSSR count). The number of ether oxygens (including phenoxy) is 2. The minimum absolute atomic E-state index is 0.306. The van der Waals surface area contributed by atoms with Crippen LogP contribution in [0.2, 0.25) is 0 Å². The van der Waals surface area contributed by atoms with Gasteiger partial charge in [-0.25, -0.2) is 4.99 Å². The third kappa shape index (κ3) is 5.27. The first-order valence-corrected chi connectivity index (χ1v) is 9.29. The smallest absolute Gasteiger partial charge is 0.298 e. The maximum Gasteiger partial charge on any atom is 0.298 e. The molecule has 2 aromatic carbocycles. The highest BCUT2D eigenvalue weighted by Gasteiger charge is 2.11. The van der Waals surface area contributed by atoms with E-state index in [0.717, 1.165) is 28.3 Å². The van der Waals surface area contributed by atoms with Gasteiger partial charge in [0.05, 0.1) is 12.0 Å². The Bertz CT molecular complexity index is 923. The zero-order valence-electron chi connectivity index (χ0n) is 15.8. The predicted molar refractivity (Wildman–Crippen MR) is 109 cm³/mol. The number of para-hydroxylation sites is 1. The van der Waals surface area contributed by atoms with Gasteiger partial charge in [-0.1, -0.05) is 18.2 Å². The zero-order valence-corrected chi connectivity index (χ0v) is 16.7. The lowest BCUT2D eigenvalue weighted by molar-refractivity contribution is 0.296. The summed E-state index contributed by atoms with van der Waals surface area (Å²) in [7, 11) is 3.88. The van der Waals surface area contributed by atoms with Gasteiger partial charge in [-0.2, -0.15) is 9.36 Å². The van der Waals surface area contributed by atoms with Crippen molar-refractivity contribution in [2.45, 2.75) is 20.5 Å². The summed E-state index contributed by atoms with van der Waals surface area (Å²) in [5, 5.41) is 0.494. The van der Waals surface area contributed by atoms with Crippen molar-refractivity contribution in [1.29, 1.82) is 0 Å². The van der Waals surface area contributed by atoms with Gasteiger partial charge >= 0.3 is 0 Å². The fourth-order valence-electron chi connectivity index (χ4n) is 2.30. The van der Waals surface area contributed by atoms with Crippen molar-refractivity contribution < 1.29 is 9.47 Å². The number of hydrogen-bond donors (Lipinski definition) is 0. The zero-order chi connectivity index (χ0) is 19.2. The highest BCUT2D eigenvalue weighted by atomic mass is 32.1. The van der Waals surface area contributed by atoms with E-state index in [-0.39, 0.29) is 0 Å². The standard InChI is InChI=1S/C20H22N4O2S/c1-14-11-18(15(2)10-17(14)21-13-24(3)4)26-20-22-19(23-27-20)12-25-16-8-6-5-7-9-16/h5-11,13H,12H2,1-4H3/b21-13+. The molecule has 0 unspecified atom stereocenters. The average molecular weight is 382 g/mol. The number of nitrogens with zero attached hydrogens (tertiary/aromatic N) is 4. The van der Waals surface area contributed by atoms with Crippen LogP contribution in [0, 0.1) is 13.8 Å². The number of benzene rings is 2. The van der Waals surface area contributed by atoms with Crippen LogP contribution in [0.5, 0.6) is 16.7 Å². The fourth-order valence-corrected chi connectivity index (χ4v) is 2.85. The molecular weight excluding hydrogens is 360 g/mol. The van der Waals surface area contributed by atoms with Crippen LogP contribution >= 0.6 is 11.5 Å². The second kappa shape index (κ2) is 8.64. The third-order valence-corrected chi connectivity index (χ3v) is 4.31. The molecule has 27 heavy (non-hydrogen) atoms. The van der Waals surface area contributed by atoms with Crippen molar-refractivity contribution in [3.8, 4) is 16.7 Å². The summed E-state index contributed by atoms with van der Waals surface area (Å²) in [4.78, 5) is 10.8. The van der Waals surface area contributed by atoms with Gasteiger partial charge in [-0.05, 0) is 49.2 Å². The number of rotatable bonds is 7. The SMILES string of the molecule is Cc1cc(Oc2nc(COc3ccccc3)ns2)c(C)cc1/N=C/N(C)C. The van der Waals surface area contributed by atoms with E-state index in [4.69, 9.17) is 9.47 Å². The van der Waals surface area contributed by atoms with Gasteiger partial charge in [0, 0.05) is 25.6 Å². The normalized spacial score (nSPS) is 11.0. The number of aryl methyl sites for hydroxylation is 2. The quantitative estimate of drug-likeness (QED) is 0.436. The molecule has 6 nitrogen and oxygen atoms in total. The van der Waals surface area contributed by atoms with Crippen molar-refractivity contribution in [3.63, 3.8) is 0 Å². The first kappa shape index (κ1) is 18.8. The first-order chi connectivity index (χ1) is 13.0. The Kier molecular flexibility index (Phi) is 6.03. The molecule has 0 spiro atoms. The molecule has 0 atom stereocenters. The van der Waals surface area contributed by atoms with Gasteiger partial charge < -0.3 is 14.4 Å². The van der Waals surface area contributed by atoms with Crippen LogP contribution in [0.1, 0.15) is 17.0 Å². The Morgan fingerprint density at radius 3 is 2.63 bits per heavy atom. The van der Waals surface area contributed by atoms with Crippen LogP contribution in [0.4, 0.5) is 5.69 Å². The van der Waals surface area contributed by atoms with Crippen LogP contribution < -0.4 is 9.47 Å². The Morgan fingerprint density at radius 2 is 1.89 bits per heavy atom. The van der Waals surface area contributed by atoms with E-state index in [0.29, 0.717) is 17.6 Å². The minimum Gasteiger partial charge on any atom is -0.486 e.